The Balaban J connectivity index is 1.56. The highest BCUT2D eigenvalue weighted by atomic mass is 19.1. The number of rotatable bonds is 3. The van der Waals surface area contributed by atoms with E-state index < -0.39 is 0 Å². The van der Waals surface area contributed by atoms with Gasteiger partial charge in [-0.15, -0.1) is 0 Å². The van der Waals surface area contributed by atoms with Gasteiger partial charge in [-0.2, -0.15) is 10.2 Å². The van der Waals surface area contributed by atoms with Crippen molar-refractivity contribution in [1.29, 1.82) is 0 Å². The maximum Gasteiger partial charge on any atom is 0.274 e. The van der Waals surface area contributed by atoms with E-state index in [-0.39, 0.29) is 28.9 Å². The fourth-order valence-electron chi connectivity index (χ4n) is 3.49. The van der Waals surface area contributed by atoms with Gasteiger partial charge in [0, 0.05) is 36.3 Å². The van der Waals surface area contributed by atoms with Gasteiger partial charge in [-0.05, 0) is 36.6 Å². The lowest BCUT2D eigenvalue weighted by atomic mass is 9.90. The summed E-state index contributed by atoms with van der Waals surface area (Å²) in [5.41, 5.74) is 2.61. The lowest BCUT2D eigenvalue weighted by Gasteiger charge is -2.32. The number of H-pyrrole nitrogens is 2. The second kappa shape index (κ2) is 7.14. The minimum absolute atomic E-state index is 0.0908. The third-order valence-corrected chi connectivity index (χ3v) is 4.84. The molecule has 1 aliphatic rings. The molecule has 0 bridgehead atoms. The highest BCUT2D eigenvalue weighted by Crippen LogP contribution is 2.33. The average molecular weight is 367 g/mol. The van der Waals surface area contributed by atoms with Crippen LogP contribution in [0, 0.1) is 5.82 Å². The van der Waals surface area contributed by atoms with Crippen LogP contribution >= 0.6 is 0 Å². The average Bonchev–Trinajstić information content (AvgIpc) is 3.18. The Morgan fingerprint density at radius 3 is 2.70 bits per heavy atom. The zero-order valence-corrected chi connectivity index (χ0v) is 14.5. The van der Waals surface area contributed by atoms with E-state index in [1.807, 2.05) is 0 Å². The summed E-state index contributed by atoms with van der Waals surface area (Å²) in [5, 5.41) is 13.3. The van der Waals surface area contributed by atoms with Gasteiger partial charge in [-0.25, -0.2) is 9.49 Å². The zero-order valence-electron chi connectivity index (χ0n) is 14.5. The number of hydrogen-bond acceptors (Lipinski definition) is 4. The molecular formula is C19H18FN5O2. The maximum atomic E-state index is 13.2. The van der Waals surface area contributed by atoms with Crippen LogP contribution < -0.4 is 5.56 Å². The van der Waals surface area contributed by atoms with E-state index in [1.165, 1.54) is 24.3 Å². The number of nitrogens with one attached hydrogen (secondary N) is 2. The molecule has 1 aromatic carbocycles. The Morgan fingerprint density at radius 1 is 1.15 bits per heavy atom. The van der Waals surface area contributed by atoms with Crippen molar-refractivity contribution in [2.45, 2.75) is 18.8 Å². The molecule has 138 valence electrons. The summed E-state index contributed by atoms with van der Waals surface area (Å²) in [5.74, 6) is -0.404. The number of hydrogen-bond donors (Lipinski definition) is 2. The number of nitrogens with zero attached hydrogens (tertiary/aromatic N) is 3. The smallest absolute Gasteiger partial charge is 0.274 e. The maximum absolute atomic E-state index is 13.2. The lowest BCUT2D eigenvalue weighted by molar-refractivity contribution is 0.0698. The van der Waals surface area contributed by atoms with Crippen molar-refractivity contribution in [3.05, 3.63) is 70.2 Å². The van der Waals surface area contributed by atoms with Crippen molar-refractivity contribution in [2.24, 2.45) is 0 Å². The molecule has 1 unspecified atom stereocenters. The van der Waals surface area contributed by atoms with E-state index in [4.69, 9.17) is 0 Å². The summed E-state index contributed by atoms with van der Waals surface area (Å²) < 4.78 is 13.2. The molecule has 27 heavy (non-hydrogen) atoms. The summed E-state index contributed by atoms with van der Waals surface area (Å²) in [7, 11) is 0. The number of aromatic nitrogens is 4. The van der Waals surface area contributed by atoms with E-state index in [0.29, 0.717) is 13.1 Å². The minimum atomic E-state index is -0.343. The van der Waals surface area contributed by atoms with Crippen LogP contribution in [0.25, 0.3) is 11.1 Å². The van der Waals surface area contributed by atoms with Crippen molar-refractivity contribution in [3.8, 4) is 11.1 Å². The molecule has 7 nitrogen and oxygen atoms in total. The van der Waals surface area contributed by atoms with Crippen LogP contribution in [0.15, 0.2) is 47.4 Å². The molecule has 1 aliphatic heterocycles. The Morgan fingerprint density at radius 2 is 1.96 bits per heavy atom. The summed E-state index contributed by atoms with van der Waals surface area (Å²) in [4.78, 5) is 25.6. The molecule has 0 aliphatic carbocycles. The van der Waals surface area contributed by atoms with Gasteiger partial charge >= 0.3 is 0 Å². The van der Waals surface area contributed by atoms with E-state index >= 15 is 0 Å². The number of carbonyl (C=O) groups is 1. The first-order valence-electron chi connectivity index (χ1n) is 8.76. The van der Waals surface area contributed by atoms with Gasteiger partial charge in [0.1, 0.15) is 11.5 Å². The number of carbonyl (C=O) groups excluding carboxylic acids is 1. The number of aromatic amines is 2. The Hall–Kier alpha value is -3.29. The van der Waals surface area contributed by atoms with Crippen LogP contribution in [0.5, 0.6) is 0 Å². The first-order valence-corrected chi connectivity index (χ1v) is 8.76. The number of benzene rings is 1. The first kappa shape index (κ1) is 17.1. The second-order valence-corrected chi connectivity index (χ2v) is 6.60. The van der Waals surface area contributed by atoms with Crippen molar-refractivity contribution in [1.82, 2.24) is 25.3 Å². The van der Waals surface area contributed by atoms with Crippen LogP contribution in [-0.2, 0) is 0 Å². The largest absolute Gasteiger partial charge is 0.337 e. The monoisotopic (exact) mass is 367 g/mol. The molecule has 0 spiro atoms. The molecule has 2 aromatic heterocycles. The molecule has 0 saturated carbocycles. The van der Waals surface area contributed by atoms with Gasteiger partial charge in [0.15, 0.2) is 0 Å². The number of piperidine rings is 1. The summed E-state index contributed by atoms with van der Waals surface area (Å²) in [6, 6.07) is 9.02. The Kier molecular flexibility index (Phi) is 4.53. The highest BCUT2D eigenvalue weighted by Gasteiger charge is 2.28. The molecule has 8 heteroatoms. The third kappa shape index (κ3) is 3.51. The predicted octanol–water partition coefficient (Wildman–Crippen LogP) is 2.32. The van der Waals surface area contributed by atoms with Crippen molar-refractivity contribution in [3.63, 3.8) is 0 Å². The molecule has 1 fully saturated rings. The first-order chi connectivity index (χ1) is 13.1. The number of amides is 1. The van der Waals surface area contributed by atoms with Crippen LogP contribution in [0.2, 0.25) is 0 Å². The van der Waals surface area contributed by atoms with Crippen LogP contribution in [0.3, 0.4) is 0 Å². The quantitative estimate of drug-likeness (QED) is 0.743. The Labute approximate surface area is 154 Å². The van der Waals surface area contributed by atoms with Crippen LogP contribution in [-0.4, -0.2) is 44.3 Å². The molecule has 4 rings (SSSR count). The van der Waals surface area contributed by atoms with Gasteiger partial charge in [0.2, 0.25) is 0 Å². The van der Waals surface area contributed by atoms with Gasteiger partial charge in [-0.1, -0.05) is 12.1 Å². The number of likely N-dealkylation sites (tertiary alicyclic amines) is 1. The molecule has 3 aromatic rings. The van der Waals surface area contributed by atoms with Gasteiger partial charge < -0.3 is 4.90 Å². The standard InChI is InChI=1S/C19H18FN5O2/c20-14-5-3-12(4-6-14)15-10-21-24-18(15)13-2-1-9-25(11-13)19(27)16-7-8-17(26)23-22-16/h3-8,10,13H,1-2,9,11H2,(H,21,24)(H,23,26). The van der Waals surface area contributed by atoms with E-state index in [1.54, 1.807) is 23.2 Å². The van der Waals surface area contributed by atoms with E-state index in [2.05, 4.69) is 20.4 Å². The van der Waals surface area contributed by atoms with E-state index in [0.717, 1.165) is 29.7 Å². The lowest BCUT2D eigenvalue weighted by Crippen LogP contribution is -2.40. The molecule has 1 amide bonds. The second-order valence-electron chi connectivity index (χ2n) is 6.60. The molecule has 3 heterocycles. The summed E-state index contributed by atoms with van der Waals surface area (Å²) >= 11 is 0. The van der Waals surface area contributed by atoms with E-state index in [9.17, 15) is 14.0 Å². The van der Waals surface area contributed by atoms with Crippen molar-refractivity contribution >= 4 is 5.91 Å². The molecule has 1 atom stereocenters. The normalized spacial score (nSPS) is 17.1. The third-order valence-electron chi connectivity index (χ3n) is 4.84. The SMILES string of the molecule is O=C(c1ccc(=O)[nH]n1)N1CCCC(c2[nH]ncc2-c2ccc(F)cc2)C1. The minimum Gasteiger partial charge on any atom is -0.337 e. The fourth-order valence-corrected chi connectivity index (χ4v) is 3.49. The van der Waals surface area contributed by atoms with Gasteiger partial charge in [0.05, 0.1) is 6.20 Å². The van der Waals surface area contributed by atoms with Gasteiger partial charge in [-0.3, -0.25) is 14.7 Å². The summed E-state index contributed by atoms with van der Waals surface area (Å²) in [6.45, 7) is 1.16. The van der Waals surface area contributed by atoms with Crippen LogP contribution in [0.4, 0.5) is 4.39 Å². The summed E-state index contributed by atoms with van der Waals surface area (Å²) in [6.07, 6.45) is 3.49. The molecule has 0 radical (unpaired) electrons. The highest BCUT2D eigenvalue weighted by molar-refractivity contribution is 5.92. The topological polar surface area (TPSA) is 94.7 Å². The van der Waals surface area contributed by atoms with Crippen LogP contribution in [0.1, 0.15) is 34.9 Å². The van der Waals surface area contributed by atoms with Crippen molar-refractivity contribution < 1.29 is 9.18 Å². The predicted molar refractivity (Wildman–Crippen MR) is 96.7 cm³/mol. The zero-order chi connectivity index (χ0) is 18.8. The fraction of sp³-hybridized carbons (Fsp3) is 0.263. The van der Waals surface area contributed by atoms with Crippen molar-refractivity contribution in [2.75, 3.05) is 13.1 Å². The molecule has 1 saturated heterocycles. The van der Waals surface area contributed by atoms with Gasteiger partial charge in [0.25, 0.3) is 11.5 Å². The molecular weight excluding hydrogens is 349 g/mol. The molecule has 2 N–H and O–H groups in total. The number of halogens is 1. The Bertz CT molecular complexity index is 991.